The number of hydrogen-bond donors (Lipinski definition) is 0. The number of hydrogen-bond acceptors (Lipinski definition) is 2. The summed E-state index contributed by atoms with van der Waals surface area (Å²) in [6.45, 7) is 4.17. The minimum atomic E-state index is 1.03. The van der Waals surface area contributed by atoms with Crippen molar-refractivity contribution in [1.82, 2.24) is 9.97 Å². The van der Waals surface area contributed by atoms with Gasteiger partial charge in [-0.05, 0) is 43.2 Å². The molecular formula is C18H16N2. The predicted molar refractivity (Wildman–Crippen MR) is 82.4 cm³/mol. The second-order valence-corrected chi connectivity index (χ2v) is 4.92. The second kappa shape index (κ2) is 5.25. The molecule has 2 nitrogen and oxygen atoms in total. The molecular weight excluding hydrogens is 244 g/mol. The van der Waals surface area contributed by atoms with Crippen molar-refractivity contribution in [3.8, 4) is 22.5 Å². The van der Waals surface area contributed by atoms with Crippen molar-refractivity contribution in [3.05, 3.63) is 72.1 Å². The molecule has 0 N–H and O–H groups in total. The van der Waals surface area contributed by atoms with E-state index in [2.05, 4.69) is 60.2 Å². The SMILES string of the molecule is Cc1cccnc1-c1cccc(-c2ncccc2C)c1. The van der Waals surface area contributed by atoms with Gasteiger partial charge in [0.2, 0.25) is 0 Å². The zero-order valence-corrected chi connectivity index (χ0v) is 11.7. The summed E-state index contributed by atoms with van der Waals surface area (Å²) in [7, 11) is 0. The molecule has 98 valence electrons. The molecule has 0 atom stereocenters. The normalized spacial score (nSPS) is 10.5. The molecule has 2 heteroatoms. The van der Waals surface area contributed by atoms with Crippen molar-refractivity contribution in [2.75, 3.05) is 0 Å². The highest BCUT2D eigenvalue weighted by Crippen LogP contribution is 2.27. The lowest BCUT2D eigenvalue weighted by molar-refractivity contribution is 1.26. The van der Waals surface area contributed by atoms with Gasteiger partial charge in [-0.15, -0.1) is 0 Å². The fourth-order valence-electron chi connectivity index (χ4n) is 2.39. The third kappa shape index (κ3) is 2.32. The minimum absolute atomic E-state index is 1.03. The highest BCUT2D eigenvalue weighted by molar-refractivity contribution is 5.72. The summed E-state index contributed by atoms with van der Waals surface area (Å²) in [4.78, 5) is 8.97. The molecule has 2 aromatic heterocycles. The molecule has 0 saturated heterocycles. The van der Waals surface area contributed by atoms with Crippen LogP contribution in [0, 0.1) is 13.8 Å². The largest absolute Gasteiger partial charge is 0.256 e. The standard InChI is InChI=1S/C18H16N2/c1-13-6-4-10-19-17(13)15-8-3-9-16(12-15)18-14(2)7-5-11-20-18/h3-12H,1-2H3. The minimum Gasteiger partial charge on any atom is -0.256 e. The lowest BCUT2D eigenvalue weighted by Crippen LogP contribution is -1.90. The lowest BCUT2D eigenvalue weighted by Gasteiger charge is -2.08. The van der Waals surface area contributed by atoms with Crippen molar-refractivity contribution in [2.45, 2.75) is 13.8 Å². The van der Waals surface area contributed by atoms with Crippen molar-refractivity contribution >= 4 is 0 Å². The van der Waals surface area contributed by atoms with Gasteiger partial charge in [0.05, 0.1) is 11.4 Å². The van der Waals surface area contributed by atoms with Crippen molar-refractivity contribution in [3.63, 3.8) is 0 Å². The van der Waals surface area contributed by atoms with Crippen LogP contribution < -0.4 is 0 Å². The number of rotatable bonds is 2. The van der Waals surface area contributed by atoms with E-state index in [1.807, 2.05) is 24.5 Å². The van der Waals surface area contributed by atoms with Crippen molar-refractivity contribution in [2.24, 2.45) is 0 Å². The molecule has 0 aliphatic rings. The topological polar surface area (TPSA) is 25.8 Å². The Hall–Kier alpha value is -2.48. The van der Waals surface area contributed by atoms with Crippen LogP contribution in [0.3, 0.4) is 0 Å². The Balaban J connectivity index is 2.12. The van der Waals surface area contributed by atoms with Gasteiger partial charge in [0.25, 0.3) is 0 Å². The van der Waals surface area contributed by atoms with Gasteiger partial charge in [-0.3, -0.25) is 9.97 Å². The number of aryl methyl sites for hydroxylation is 2. The van der Waals surface area contributed by atoms with Crippen LogP contribution in [0.5, 0.6) is 0 Å². The summed E-state index contributed by atoms with van der Waals surface area (Å²) >= 11 is 0. The van der Waals surface area contributed by atoms with Crippen LogP contribution in [0.2, 0.25) is 0 Å². The highest BCUT2D eigenvalue weighted by atomic mass is 14.7. The molecule has 0 amide bonds. The Kier molecular flexibility index (Phi) is 3.30. The smallest absolute Gasteiger partial charge is 0.0731 e. The second-order valence-electron chi connectivity index (χ2n) is 4.92. The maximum Gasteiger partial charge on any atom is 0.0731 e. The lowest BCUT2D eigenvalue weighted by atomic mass is 10.0. The van der Waals surface area contributed by atoms with Crippen LogP contribution in [0.15, 0.2) is 60.9 Å². The van der Waals surface area contributed by atoms with E-state index in [0.717, 1.165) is 22.5 Å². The summed E-state index contributed by atoms with van der Waals surface area (Å²) in [6, 6.07) is 16.5. The van der Waals surface area contributed by atoms with Crippen LogP contribution >= 0.6 is 0 Å². The van der Waals surface area contributed by atoms with Gasteiger partial charge in [-0.25, -0.2) is 0 Å². The van der Waals surface area contributed by atoms with Gasteiger partial charge < -0.3 is 0 Å². The fraction of sp³-hybridized carbons (Fsp3) is 0.111. The van der Waals surface area contributed by atoms with E-state index in [0.29, 0.717) is 0 Å². The molecule has 0 unspecified atom stereocenters. The van der Waals surface area contributed by atoms with E-state index in [9.17, 15) is 0 Å². The van der Waals surface area contributed by atoms with E-state index in [4.69, 9.17) is 0 Å². The average molecular weight is 260 g/mol. The number of nitrogens with zero attached hydrogens (tertiary/aromatic N) is 2. The van der Waals surface area contributed by atoms with Crippen molar-refractivity contribution < 1.29 is 0 Å². The third-order valence-corrected chi connectivity index (χ3v) is 3.43. The first-order chi connectivity index (χ1) is 9.75. The number of aromatic nitrogens is 2. The van der Waals surface area contributed by atoms with E-state index < -0.39 is 0 Å². The van der Waals surface area contributed by atoms with Gasteiger partial charge in [0.1, 0.15) is 0 Å². The first-order valence-electron chi connectivity index (χ1n) is 6.70. The van der Waals surface area contributed by atoms with E-state index in [1.165, 1.54) is 11.1 Å². The Bertz CT molecular complexity index is 687. The zero-order valence-electron chi connectivity index (χ0n) is 11.7. The highest BCUT2D eigenvalue weighted by Gasteiger charge is 2.07. The molecule has 3 rings (SSSR count). The first-order valence-corrected chi connectivity index (χ1v) is 6.70. The van der Waals surface area contributed by atoms with E-state index >= 15 is 0 Å². The summed E-state index contributed by atoms with van der Waals surface area (Å²) in [5.74, 6) is 0. The molecule has 3 aromatic rings. The third-order valence-electron chi connectivity index (χ3n) is 3.43. The number of pyridine rings is 2. The maximum absolute atomic E-state index is 4.49. The van der Waals surface area contributed by atoms with Crippen molar-refractivity contribution in [1.29, 1.82) is 0 Å². The molecule has 0 saturated carbocycles. The molecule has 20 heavy (non-hydrogen) atoms. The molecule has 0 aliphatic heterocycles. The average Bonchev–Trinajstić information content (AvgIpc) is 2.48. The van der Waals surface area contributed by atoms with Gasteiger partial charge in [-0.2, -0.15) is 0 Å². The fourth-order valence-corrected chi connectivity index (χ4v) is 2.39. The van der Waals surface area contributed by atoms with Gasteiger partial charge in [0, 0.05) is 23.5 Å². The molecule has 1 aromatic carbocycles. The summed E-state index contributed by atoms with van der Waals surface area (Å²) < 4.78 is 0. The molecule has 0 bridgehead atoms. The molecule has 0 fully saturated rings. The van der Waals surface area contributed by atoms with Crippen LogP contribution in [0.25, 0.3) is 22.5 Å². The predicted octanol–water partition coefficient (Wildman–Crippen LogP) is 4.43. The molecule has 0 spiro atoms. The quantitative estimate of drug-likeness (QED) is 0.681. The van der Waals surface area contributed by atoms with Crippen LogP contribution in [-0.4, -0.2) is 9.97 Å². The first kappa shape index (κ1) is 12.5. The van der Waals surface area contributed by atoms with Gasteiger partial charge in [-0.1, -0.05) is 30.3 Å². The summed E-state index contributed by atoms with van der Waals surface area (Å²) in [5.41, 5.74) is 6.69. The maximum atomic E-state index is 4.49. The number of benzene rings is 1. The molecule has 0 radical (unpaired) electrons. The Morgan fingerprint density at radius 2 is 1.15 bits per heavy atom. The molecule has 0 aliphatic carbocycles. The Morgan fingerprint density at radius 3 is 1.60 bits per heavy atom. The van der Waals surface area contributed by atoms with Gasteiger partial charge in [0.15, 0.2) is 0 Å². The van der Waals surface area contributed by atoms with Crippen LogP contribution in [-0.2, 0) is 0 Å². The Labute approximate surface area is 119 Å². The molecule has 2 heterocycles. The summed E-state index contributed by atoms with van der Waals surface area (Å²) in [6.07, 6.45) is 3.67. The monoisotopic (exact) mass is 260 g/mol. The summed E-state index contributed by atoms with van der Waals surface area (Å²) in [5, 5.41) is 0. The van der Waals surface area contributed by atoms with Gasteiger partial charge >= 0.3 is 0 Å². The van der Waals surface area contributed by atoms with E-state index in [1.54, 1.807) is 0 Å². The zero-order chi connectivity index (χ0) is 13.9. The van der Waals surface area contributed by atoms with E-state index in [-0.39, 0.29) is 0 Å². The van der Waals surface area contributed by atoms with Crippen LogP contribution in [0.1, 0.15) is 11.1 Å². The Morgan fingerprint density at radius 1 is 0.650 bits per heavy atom. The van der Waals surface area contributed by atoms with Crippen LogP contribution in [0.4, 0.5) is 0 Å².